The van der Waals surface area contributed by atoms with Crippen LogP contribution >= 0.6 is 11.3 Å². The zero-order valence-corrected chi connectivity index (χ0v) is 13.6. The molecule has 1 aromatic heterocycles. The van der Waals surface area contributed by atoms with E-state index in [4.69, 9.17) is 10.5 Å². The molecule has 1 unspecified atom stereocenters. The first-order valence-electron chi connectivity index (χ1n) is 7.77. The minimum atomic E-state index is -0.0451. The molecule has 1 aromatic carbocycles. The highest BCUT2D eigenvalue weighted by atomic mass is 32.1. The lowest BCUT2D eigenvalue weighted by molar-refractivity contribution is 0.242. The van der Waals surface area contributed by atoms with Crippen molar-refractivity contribution >= 4 is 11.3 Å². The monoisotopic (exact) mass is 301 g/mol. The van der Waals surface area contributed by atoms with Crippen molar-refractivity contribution in [1.82, 2.24) is 0 Å². The van der Waals surface area contributed by atoms with E-state index in [1.807, 2.05) is 37.3 Å². The molecule has 0 amide bonds. The number of rotatable bonds is 4. The maximum absolute atomic E-state index is 6.48. The van der Waals surface area contributed by atoms with Gasteiger partial charge in [0.05, 0.1) is 12.1 Å². The number of hydrogen-bond acceptors (Lipinski definition) is 3. The lowest BCUT2D eigenvalue weighted by atomic mass is 9.98. The van der Waals surface area contributed by atoms with E-state index in [0.717, 1.165) is 11.3 Å². The number of ether oxygens (including phenoxy) is 1. The molecule has 1 aliphatic carbocycles. The van der Waals surface area contributed by atoms with E-state index in [9.17, 15) is 0 Å². The summed E-state index contributed by atoms with van der Waals surface area (Å²) >= 11 is 1.89. The van der Waals surface area contributed by atoms with Gasteiger partial charge in [0.25, 0.3) is 0 Å². The fourth-order valence-corrected chi connectivity index (χ4v) is 4.17. The van der Waals surface area contributed by atoms with Gasteiger partial charge in [0.15, 0.2) is 0 Å². The Kier molecular flexibility index (Phi) is 4.32. The number of thiophene rings is 1. The molecule has 2 aromatic rings. The van der Waals surface area contributed by atoms with E-state index < -0.39 is 0 Å². The van der Waals surface area contributed by atoms with Crippen LogP contribution in [0.1, 0.15) is 53.6 Å². The molecule has 2 N–H and O–H groups in total. The van der Waals surface area contributed by atoms with Gasteiger partial charge >= 0.3 is 0 Å². The minimum Gasteiger partial charge on any atom is -0.491 e. The second kappa shape index (κ2) is 6.20. The first kappa shape index (κ1) is 14.6. The van der Waals surface area contributed by atoms with Crippen molar-refractivity contribution in [2.75, 3.05) is 0 Å². The zero-order valence-electron chi connectivity index (χ0n) is 12.8. The van der Waals surface area contributed by atoms with Gasteiger partial charge in [-0.25, -0.2) is 0 Å². The summed E-state index contributed by atoms with van der Waals surface area (Å²) in [6.07, 6.45) is 5.26. The van der Waals surface area contributed by atoms with Crippen LogP contribution in [0.5, 0.6) is 5.75 Å². The topological polar surface area (TPSA) is 35.2 Å². The fourth-order valence-electron chi connectivity index (χ4n) is 2.88. The van der Waals surface area contributed by atoms with Crippen LogP contribution in [-0.2, 0) is 12.8 Å². The molecule has 0 fully saturated rings. The van der Waals surface area contributed by atoms with Gasteiger partial charge in [-0.05, 0) is 68.9 Å². The Hall–Kier alpha value is -1.32. The van der Waals surface area contributed by atoms with Crippen molar-refractivity contribution in [3.63, 3.8) is 0 Å². The number of hydrogen-bond donors (Lipinski definition) is 1. The number of benzene rings is 1. The predicted octanol–water partition coefficient (Wildman–Crippen LogP) is 4.46. The average molecular weight is 301 g/mol. The van der Waals surface area contributed by atoms with Gasteiger partial charge in [0, 0.05) is 9.75 Å². The summed E-state index contributed by atoms with van der Waals surface area (Å²) in [4.78, 5) is 2.82. The Labute approximate surface area is 130 Å². The summed E-state index contributed by atoms with van der Waals surface area (Å²) in [6.45, 7) is 4.08. The molecule has 2 nitrogen and oxygen atoms in total. The van der Waals surface area contributed by atoms with Crippen LogP contribution in [0.2, 0.25) is 0 Å². The van der Waals surface area contributed by atoms with E-state index >= 15 is 0 Å². The highest BCUT2D eigenvalue weighted by Crippen LogP contribution is 2.35. The van der Waals surface area contributed by atoms with E-state index in [0.29, 0.717) is 0 Å². The van der Waals surface area contributed by atoms with Crippen LogP contribution in [0, 0.1) is 0 Å². The predicted molar refractivity (Wildman–Crippen MR) is 89.2 cm³/mol. The third-order valence-electron chi connectivity index (χ3n) is 3.91. The summed E-state index contributed by atoms with van der Waals surface area (Å²) < 4.78 is 5.77. The molecule has 0 radical (unpaired) electrons. The highest BCUT2D eigenvalue weighted by Gasteiger charge is 2.18. The van der Waals surface area contributed by atoms with Gasteiger partial charge in [-0.1, -0.05) is 12.1 Å². The molecule has 1 aliphatic rings. The molecular formula is C18H23NOS. The summed E-state index contributed by atoms with van der Waals surface area (Å²) in [5.41, 5.74) is 9.13. The summed E-state index contributed by atoms with van der Waals surface area (Å²) in [5, 5.41) is 0. The van der Waals surface area contributed by atoms with Crippen molar-refractivity contribution in [1.29, 1.82) is 0 Å². The van der Waals surface area contributed by atoms with E-state index in [-0.39, 0.29) is 12.1 Å². The van der Waals surface area contributed by atoms with Crippen molar-refractivity contribution in [2.24, 2.45) is 5.73 Å². The quantitative estimate of drug-likeness (QED) is 0.904. The second-order valence-corrected chi connectivity index (χ2v) is 7.19. The smallest absolute Gasteiger partial charge is 0.120 e. The van der Waals surface area contributed by atoms with Crippen LogP contribution in [0.3, 0.4) is 0 Å². The SMILES string of the molecule is CC(C)Oc1cccc(C(N)c2cc3c(s2)CCCC3)c1. The molecule has 0 saturated carbocycles. The highest BCUT2D eigenvalue weighted by molar-refractivity contribution is 7.12. The molecule has 21 heavy (non-hydrogen) atoms. The van der Waals surface area contributed by atoms with Crippen LogP contribution in [0.25, 0.3) is 0 Å². The molecular weight excluding hydrogens is 278 g/mol. The largest absolute Gasteiger partial charge is 0.491 e. The molecule has 0 saturated heterocycles. The van der Waals surface area contributed by atoms with Gasteiger partial charge in [0.2, 0.25) is 0 Å². The van der Waals surface area contributed by atoms with Gasteiger partial charge in [-0.2, -0.15) is 0 Å². The number of fused-ring (bicyclic) bond motifs is 1. The number of nitrogens with two attached hydrogens (primary N) is 1. The average Bonchev–Trinajstić information content (AvgIpc) is 2.90. The fraction of sp³-hybridized carbons (Fsp3) is 0.444. The third kappa shape index (κ3) is 3.30. The Morgan fingerprint density at radius 1 is 1.14 bits per heavy atom. The maximum Gasteiger partial charge on any atom is 0.120 e. The molecule has 0 aliphatic heterocycles. The van der Waals surface area contributed by atoms with Gasteiger partial charge in [-0.15, -0.1) is 11.3 Å². The minimum absolute atomic E-state index is 0.0451. The molecule has 0 spiro atoms. The molecule has 3 heteroatoms. The van der Waals surface area contributed by atoms with Gasteiger partial charge < -0.3 is 10.5 Å². The van der Waals surface area contributed by atoms with Gasteiger partial charge in [-0.3, -0.25) is 0 Å². The van der Waals surface area contributed by atoms with Crippen LogP contribution in [0.15, 0.2) is 30.3 Å². The number of aryl methyl sites for hydroxylation is 2. The van der Waals surface area contributed by atoms with E-state index in [1.54, 1.807) is 4.88 Å². The Morgan fingerprint density at radius 3 is 2.71 bits per heavy atom. The molecule has 0 bridgehead atoms. The van der Waals surface area contributed by atoms with Crippen LogP contribution < -0.4 is 10.5 Å². The summed E-state index contributed by atoms with van der Waals surface area (Å²) in [7, 11) is 0. The normalized spacial score (nSPS) is 15.8. The molecule has 3 rings (SSSR count). The maximum atomic E-state index is 6.48. The first-order chi connectivity index (χ1) is 10.1. The Balaban J connectivity index is 1.84. The lowest BCUT2D eigenvalue weighted by Gasteiger charge is -2.14. The van der Waals surface area contributed by atoms with Crippen molar-refractivity contribution in [3.05, 3.63) is 51.2 Å². The summed E-state index contributed by atoms with van der Waals surface area (Å²) in [6, 6.07) is 10.5. The first-order valence-corrected chi connectivity index (χ1v) is 8.59. The third-order valence-corrected chi connectivity index (χ3v) is 5.23. The molecule has 1 heterocycles. The van der Waals surface area contributed by atoms with Crippen molar-refractivity contribution < 1.29 is 4.74 Å². The van der Waals surface area contributed by atoms with E-state index in [1.165, 1.54) is 36.1 Å². The van der Waals surface area contributed by atoms with Crippen LogP contribution in [0.4, 0.5) is 0 Å². The van der Waals surface area contributed by atoms with E-state index in [2.05, 4.69) is 18.2 Å². The molecule has 112 valence electrons. The summed E-state index contributed by atoms with van der Waals surface area (Å²) in [5.74, 6) is 0.902. The van der Waals surface area contributed by atoms with Gasteiger partial charge in [0.1, 0.15) is 5.75 Å². The lowest BCUT2D eigenvalue weighted by Crippen LogP contribution is -2.11. The standard InChI is InChI=1S/C18H23NOS/c1-12(2)20-15-8-5-7-14(10-15)18(19)17-11-13-6-3-4-9-16(13)21-17/h5,7-8,10-12,18H,3-4,6,9,19H2,1-2H3. The second-order valence-electron chi connectivity index (χ2n) is 6.02. The Morgan fingerprint density at radius 2 is 1.95 bits per heavy atom. The van der Waals surface area contributed by atoms with Crippen molar-refractivity contribution in [3.8, 4) is 5.75 Å². The molecule has 1 atom stereocenters. The zero-order chi connectivity index (χ0) is 14.8. The van der Waals surface area contributed by atoms with Crippen LogP contribution in [-0.4, -0.2) is 6.10 Å². The van der Waals surface area contributed by atoms with Crippen molar-refractivity contribution in [2.45, 2.75) is 51.7 Å². The Bertz CT molecular complexity index is 594.